The fourth-order valence-electron chi connectivity index (χ4n) is 2.38. The molecule has 0 spiro atoms. The maximum atomic E-state index is 2.67. The molecule has 0 aliphatic heterocycles. The fourth-order valence-corrected chi connectivity index (χ4v) is 2.38. The molecule has 1 radical (unpaired) electrons. The second-order valence-corrected chi connectivity index (χ2v) is 5.17. The summed E-state index contributed by atoms with van der Waals surface area (Å²) in [6.45, 7) is 9.28. The Hall–Kier alpha value is 0. The van der Waals surface area contributed by atoms with Gasteiger partial charge >= 0.3 is 0 Å². The molecule has 2 unspecified atom stereocenters. The van der Waals surface area contributed by atoms with Crippen molar-refractivity contribution in [3.8, 4) is 0 Å². The smallest absolute Gasteiger partial charge is 0.0324 e. The number of hydrogen-bond donors (Lipinski definition) is 0. The van der Waals surface area contributed by atoms with E-state index in [0.717, 1.165) is 11.8 Å². The monoisotopic (exact) mass is 225 g/mol. The summed E-state index contributed by atoms with van der Waals surface area (Å²) < 4.78 is 0. The van der Waals surface area contributed by atoms with Crippen LogP contribution < -0.4 is 0 Å². The molecule has 0 fully saturated rings. The van der Waals surface area contributed by atoms with E-state index in [1.807, 2.05) is 0 Å². The van der Waals surface area contributed by atoms with E-state index in [-0.39, 0.29) is 0 Å². The minimum absolute atomic E-state index is 0.881. The summed E-state index contributed by atoms with van der Waals surface area (Å²) >= 11 is 0. The van der Waals surface area contributed by atoms with Crippen LogP contribution in [0.5, 0.6) is 0 Å². The molecular weight excluding hydrogens is 192 g/mol. The van der Waals surface area contributed by atoms with E-state index in [2.05, 4.69) is 34.1 Å². The normalized spacial score (nSPS) is 15.0. The van der Waals surface area contributed by atoms with Gasteiger partial charge in [0.1, 0.15) is 0 Å². The Kier molecular flexibility index (Phi) is 11.5. The summed E-state index contributed by atoms with van der Waals surface area (Å²) in [5.41, 5.74) is 0. The lowest BCUT2D eigenvalue weighted by molar-refractivity contribution is 0.405. The van der Waals surface area contributed by atoms with Crippen LogP contribution in [-0.4, -0.2) is 0 Å². The third kappa shape index (κ3) is 8.19. The number of unbranched alkanes of at least 4 members (excludes halogenated alkanes) is 3. The Balaban J connectivity index is 3.77. The fraction of sp³-hybridized carbons (Fsp3) is 0.938. The van der Waals surface area contributed by atoms with Crippen LogP contribution in [0.4, 0.5) is 0 Å². The highest BCUT2D eigenvalue weighted by molar-refractivity contribution is 4.82. The van der Waals surface area contributed by atoms with Gasteiger partial charge in [0.25, 0.3) is 0 Å². The summed E-state index contributed by atoms with van der Waals surface area (Å²) in [6, 6.07) is 0. The molecule has 0 heteroatoms. The molecule has 2 atom stereocenters. The molecule has 0 aromatic heterocycles. The summed E-state index contributed by atoms with van der Waals surface area (Å²) in [5, 5.41) is 0. The molecule has 0 aromatic carbocycles. The summed E-state index contributed by atoms with van der Waals surface area (Å²) in [4.78, 5) is 0. The van der Waals surface area contributed by atoms with E-state index >= 15 is 0 Å². The summed E-state index contributed by atoms with van der Waals surface area (Å²) in [5.74, 6) is 1.76. The van der Waals surface area contributed by atoms with Gasteiger partial charge in [0.05, 0.1) is 0 Å². The molecular formula is C16H33. The zero-order valence-electron chi connectivity index (χ0n) is 12.1. The lowest BCUT2D eigenvalue weighted by atomic mass is 9.85. The lowest BCUT2D eigenvalue weighted by Crippen LogP contribution is -2.09. The lowest BCUT2D eigenvalue weighted by Gasteiger charge is -2.21. The van der Waals surface area contributed by atoms with Crippen molar-refractivity contribution in [1.29, 1.82) is 0 Å². The molecule has 16 heavy (non-hydrogen) atoms. The first-order valence-corrected chi connectivity index (χ1v) is 7.63. The molecule has 97 valence electrons. The van der Waals surface area contributed by atoms with Gasteiger partial charge in [-0.2, -0.15) is 0 Å². The van der Waals surface area contributed by atoms with Crippen molar-refractivity contribution >= 4 is 0 Å². The van der Waals surface area contributed by atoms with Crippen LogP contribution in [0.2, 0.25) is 0 Å². The van der Waals surface area contributed by atoms with Crippen LogP contribution in [0.15, 0.2) is 0 Å². The Morgan fingerprint density at radius 3 is 1.62 bits per heavy atom. The molecule has 0 aliphatic carbocycles. The molecule has 0 saturated carbocycles. The zero-order chi connectivity index (χ0) is 12.2. The molecule has 0 bridgehead atoms. The summed E-state index contributed by atoms with van der Waals surface area (Å²) in [7, 11) is 0. The van der Waals surface area contributed by atoms with Gasteiger partial charge in [0, 0.05) is 0 Å². The van der Waals surface area contributed by atoms with E-state index in [4.69, 9.17) is 0 Å². The van der Waals surface area contributed by atoms with Gasteiger partial charge in [0.15, 0.2) is 0 Å². The van der Waals surface area contributed by atoms with Gasteiger partial charge in [-0.05, 0) is 18.3 Å². The van der Waals surface area contributed by atoms with Crippen molar-refractivity contribution in [1.82, 2.24) is 0 Å². The second-order valence-electron chi connectivity index (χ2n) is 5.17. The number of rotatable bonds is 11. The van der Waals surface area contributed by atoms with Crippen molar-refractivity contribution in [3.05, 3.63) is 6.42 Å². The van der Waals surface area contributed by atoms with Gasteiger partial charge in [-0.15, -0.1) is 0 Å². The van der Waals surface area contributed by atoms with Crippen LogP contribution in [0, 0.1) is 18.3 Å². The van der Waals surface area contributed by atoms with E-state index < -0.39 is 0 Å². The van der Waals surface area contributed by atoms with Crippen LogP contribution >= 0.6 is 0 Å². The van der Waals surface area contributed by atoms with Crippen LogP contribution in [0.1, 0.15) is 85.5 Å². The van der Waals surface area contributed by atoms with E-state index in [1.54, 1.807) is 0 Å². The van der Waals surface area contributed by atoms with E-state index in [9.17, 15) is 0 Å². The predicted octanol–water partition coefficient (Wildman–Crippen LogP) is 6.01. The third-order valence-electron chi connectivity index (χ3n) is 3.70. The first-order chi connectivity index (χ1) is 7.78. The second kappa shape index (κ2) is 11.5. The van der Waals surface area contributed by atoms with Crippen LogP contribution in [0.3, 0.4) is 0 Å². The standard InChI is InChI=1S/C16H33/c1-5-9-11-13-16(8-4)14-15(7-3)12-10-6-2/h14-16H,5-13H2,1-4H3. The average Bonchev–Trinajstić information content (AvgIpc) is 2.32. The van der Waals surface area contributed by atoms with Crippen molar-refractivity contribution < 1.29 is 0 Å². The Bertz CT molecular complexity index is 128. The molecule has 0 saturated heterocycles. The van der Waals surface area contributed by atoms with Gasteiger partial charge in [0.2, 0.25) is 0 Å². The quantitative estimate of drug-likeness (QED) is 0.377. The van der Waals surface area contributed by atoms with Crippen LogP contribution in [-0.2, 0) is 0 Å². The zero-order valence-corrected chi connectivity index (χ0v) is 12.1. The molecule has 0 amide bonds. The summed E-state index contributed by atoms with van der Waals surface area (Å²) in [6.07, 6.45) is 15.1. The molecule has 0 rings (SSSR count). The van der Waals surface area contributed by atoms with Gasteiger partial charge in [-0.25, -0.2) is 0 Å². The molecule has 0 nitrogen and oxygen atoms in total. The van der Waals surface area contributed by atoms with Crippen molar-refractivity contribution in [2.45, 2.75) is 85.5 Å². The van der Waals surface area contributed by atoms with Gasteiger partial charge < -0.3 is 0 Å². The first-order valence-electron chi connectivity index (χ1n) is 7.63. The minimum atomic E-state index is 0.881. The topological polar surface area (TPSA) is 0 Å². The molecule has 0 aliphatic rings. The van der Waals surface area contributed by atoms with Crippen molar-refractivity contribution in [2.24, 2.45) is 11.8 Å². The first kappa shape index (κ1) is 16.0. The third-order valence-corrected chi connectivity index (χ3v) is 3.70. The van der Waals surface area contributed by atoms with Crippen LogP contribution in [0.25, 0.3) is 0 Å². The van der Waals surface area contributed by atoms with E-state index in [0.29, 0.717) is 0 Å². The number of hydrogen-bond acceptors (Lipinski definition) is 0. The van der Waals surface area contributed by atoms with E-state index in [1.165, 1.54) is 57.8 Å². The SMILES string of the molecule is CCCCCC([CH]C(CC)CCCC)CC. The maximum absolute atomic E-state index is 2.67. The Morgan fingerprint density at radius 2 is 1.19 bits per heavy atom. The Morgan fingerprint density at radius 1 is 0.688 bits per heavy atom. The van der Waals surface area contributed by atoms with Crippen molar-refractivity contribution in [2.75, 3.05) is 0 Å². The Labute approximate surface area is 104 Å². The predicted molar refractivity (Wildman–Crippen MR) is 75.5 cm³/mol. The highest BCUT2D eigenvalue weighted by Crippen LogP contribution is 2.25. The highest BCUT2D eigenvalue weighted by Gasteiger charge is 2.13. The molecule has 0 heterocycles. The van der Waals surface area contributed by atoms with Gasteiger partial charge in [-0.1, -0.05) is 85.5 Å². The largest absolute Gasteiger partial charge is 0.0654 e. The minimum Gasteiger partial charge on any atom is -0.0654 e. The highest BCUT2D eigenvalue weighted by atomic mass is 14.2. The maximum Gasteiger partial charge on any atom is -0.0324 e. The molecule has 0 aromatic rings. The molecule has 0 N–H and O–H groups in total. The average molecular weight is 225 g/mol. The van der Waals surface area contributed by atoms with Gasteiger partial charge in [-0.3, -0.25) is 0 Å². The van der Waals surface area contributed by atoms with Crippen molar-refractivity contribution in [3.63, 3.8) is 0 Å².